The fourth-order valence-electron chi connectivity index (χ4n) is 11.1. The van der Waals surface area contributed by atoms with Crippen molar-refractivity contribution in [1.82, 2.24) is 0 Å². The molecular formula is C31H50O2. The summed E-state index contributed by atoms with van der Waals surface area (Å²) >= 11 is 0. The highest BCUT2D eigenvalue weighted by Gasteiger charge is 2.64. The van der Waals surface area contributed by atoms with Crippen molar-refractivity contribution in [3.8, 4) is 0 Å². The first-order valence-corrected chi connectivity index (χ1v) is 14.2. The lowest BCUT2D eigenvalue weighted by Gasteiger charge is -2.66. The molecule has 0 bridgehead atoms. The molecule has 5 aliphatic rings. The molecule has 5 rings (SSSR count). The van der Waals surface area contributed by atoms with Crippen molar-refractivity contribution in [2.75, 3.05) is 0 Å². The molecule has 0 radical (unpaired) electrons. The molecule has 33 heavy (non-hydrogen) atoms. The van der Waals surface area contributed by atoms with E-state index in [1.165, 1.54) is 51.4 Å². The first kappa shape index (κ1) is 23.9. The average molecular weight is 455 g/mol. The molecule has 0 aliphatic heterocycles. The van der Waals surface area contributed by atoms with Crippen molar-refractivity contribution in [3.05, 3.63) is 11.6 Å². The number of carbonyl (C=O) groups excluding carboxylic acids is 1. The zero-order chi connectivity index (χ0) is 24.0. The molecule has 0 unspecified atom stereocenters. The fourth-order valence-corrected chi connectivity index (χ4v) is 11.1. The molecule has 186 valence electrons. The fraction of sp³-hybridized carbons (Fsp3) is 0.903. The Bertz CT molecular complexity index is 838. The Morgan fingerprint density at radius 2 is 1.61 bits per heavy atom. The van der Waals surface area contributed by atoms with Gasteiger partial charge in [0.1, 0.15) is 6.10 Å². The smallest absolute Gasteiger partial charge is 0.302 e. The van der Waals surface area contributed by atoms with Gasteiger partial charge in [-0.15, -0.1) is 0 Å². The molecule has 0 N–H and O–H groups in total. The van der Waals surface area contributed by atoms with Gasteiger partial charge < -0.3 is 4.74 Å². The van der Waals surface area contributed by atoms with Crippen molar-refractivity contribution in [3.63, 3.8) is 0 Å². The summed E-state index contributed by atoms with van der Waals surface area (Å²) in [6.45, 7) is 19.2. The quantitative estimate of drug-likeness (QED) is 0.310. The Morgan fingerprint density at radius 1 is 0.939 bits per heavy atom. The predicted octanol–water partition coefficient (Wildman–Crippen LogP) is 8.21. The molecule has 9 atom stereocenters. The van der Waals surface area contributed by atoms with E-state index in [9.17, 15) is 4.79 Å². The largest absolute Gasteiger partial charge is 0.462 e. The van der Waals surface area contributed by atoms with E-state index in [-0.39, 0.29) is 22.9 Å². The molecule has 4 fully saturated rings. The second-order valence-electron chi connectivity index (χ2n) is 14.7. The van der Waals surface area contributed by atoms with E-state index in [1.807, 2.05) is 5.57 Å². The number of carbonyl (C=O) groups is 1. The Balaban J connectivity index is 1.50. The molecular weight excluding hydrogens is 404 g/mol. The van der Waals surface area contributed by atoms with Gasteiger partial charge in [0.15, 0.2) is 0 Å². The number of ether oxygens (including phenoxy) is 1. The molecule has 2 nitrogen and oxygen atoms in total. The van der Waals surface area contributed by atoms with Crippen LogP contribution >= 0.6 is 0 Å². The van der Waals surface area contributed by atoms with Crippen LogP contribution in [0.15, 0.2) is 11.6 Å². The number of hydrogen-bond donors (Lipinski definition) is 0. The standard InChI is InChI=1S/C31H50O2/c1-19(2)21-11-15-29(6)16-12-23-22(27(21)29)9-10-25-30(23,7)17-13-24-28(4,5)26(33-20(3)32)14-18-31(24,25)8/h10,19,21-24,26-27H,9,11-18H2,1-8H3/t21-,22+,23+,24-,26-,27+,29+,30-,31-/m0/s1. The van der Waals surface area contributed by atoms with Crippen LogP contribution in [0.2, 0.25) is 0 Å². The van der Waals surface area contributed by atoms with Gasteiger partial charge in [-0.3, -0.25) is 4.79 Å². The van der Waals surface area contributed by atoms with Crippen LogP contribution in [0.5, 0.6) is 0 Å². The predicted molar refractivity (Wildman–Crippen MR) is 136 cm³/mol. The first-order chi connectivity index (χ1) is 15.3. The molecule has 0 aromatic carbocycles. The van der Waals surface area contributed by atoms with Crippen molar-refractivity contribution in [2.45, 2.75) is 119 Å². The molecule has 0 amide bonds. The number of rotatable bonds is 2. The van der Waals surface area contributed by atoms with Crippen molar-refractivity contribution >= 4 is 5.97 Å². The van der Waals surface area contributed by atoms with Crippen molar-refractivity contribution in [2.24, 2.45) is 57.2 Å². The summed E-state index contributed by atoms with van der Waals surface area (Å²) in [7, 11) is 0. The molecule has 0 heterocycles. The molecule has 5 aliphatic carbocycles. The van der Waals surface area contributed by atoms with Crippen LogP contribution in [-0.2, 0) is 9.53 Å². The van der Waals surface area contributed by atoms with Crippen LogP contribution in [0.3, 0.4) is 0 Å². The van der Waals surface area contributed by atoms with Gasteiger partial charge in [0.05, 0.1) is 0 Å². The van der Waals surface area contributed by atoms with Crippen LogP contribution in [0.4, 0.5) is 0 Å². The van der Waals surface area contributed by atoms with Crippen molar-refractivity contribution in [1.29, 1.82) is 0 Å². The zero-order valence-electron chi connectivity index (χ0n) is 22.8. The van der Waals surface area contributed by atoms with E-state index in [0.29, 0.717) is 16.7 Å². The monoisotopic (exact) mass is 454 g/mol. The third-order valence-electron chi connectivity index (χ3n) is 12.5. The number of esters is 1. The molecule has 0 aromatic rings. The summed E-state index contributed by atoms with van der Waals surface area (Å²) in [6, 6.07) is 0. The summed E-state index contributed by atoms with van der Waals surface area (Å²) < 4.78 is 5.88. The SMILES string of the molecule is CC(=O)O[C@H]1CC[C@]2(C)C3=CC[C@H]4[C@H]5[C@H](C(C)C)CC[C@]5(C)CC[C@H]4[C@]3(C)CC[C@H]2C1(C)C. The Hall–Kier alpha value is -0.790. The van der Waals surface area contributed by atoms with E-state index in [2.05, 4.69) is 54.5 Å². The van der Waals surface area contributed by atoms with Gasteiger partial charge >= 0.3 is 5.97 Å². The maximum atomic E-state index is 11.8. The van der Waals surface area contributed by atoms with Crippen molar-refractivity contribution < 1.29 is 9.53 Å². The van der Waals surface area contributed by atoms with Gasteiger partial charge in [-0.05, 0) is 110 Å². The van der Waals surface area contributed by atoms with Gasteiger partial charge in [-0.1, -0.05) is 60.1 Å². The second kappa shape index (κ2) is 7.60. The lowest BCUT2D eigenvalue weighted by atomic mass is 9.39. The van der Waals surface area contributed by atoms with Gasteiger partial charge in [0.2, 0.25) is 0 Å². The highest BCUT2D eigenvalue weighted by atomic mass is 16.5. The van der Waals surface area contributed by atoms with E-state index < -0.39 is 0 Å². The Labute approximate surface area is 203 Å². The number of allylic oxidation sites excluding steroid dienone is 2. The molecule has 0 spiro atoms. The van der Waals surface area contributed by atoms with Gasteiger partial charge in [-0.25, -0.2) is 0 Å². The Morgan fingerprint density at radius 3 is 2.27 bits per heavy atom. The minimum Gasteiger partial charge on any atom is -0.462 e. The van der Waals surface area contributed by atoms with Gasteiger partial charge in [0.25, 0.3) is 0 Å². The molecule has 2 heteroatoms. The highest BCUT2D eigenvalue weighted by Crippen LogP contribution is 2.72. The van der Waals surface area contributed by atoms with Gasteiger partial charge in [-0.2, -0.15) is 0 Å². The maximum absolute atomic E-state index is 11.8. The normalized spacial score (nSPS) is 50.5. The lowest BCUT2D eigenvalue weighted by molar-refractivity contribution is -0.172. The van der Waals surface area contributed by atoms with Gasteiger partial charge in [0, 0.05) is 12.3 Å². The summed E-state index contributed by atoms with van der Waals surface area (Å²) in [6.07, 6.45) is 14.8. The minimum absolute atomic E-state index is 0.0387. The summed E-state index contributed by atoms with van der Waals surface area (Å²) in [4.78, 5) is 11.8. The summed E-state index contributed by atoms with van der Waals surface area (Å²) in [5, 5.41) is 0. The van der Waals surface area contributed by atoms with Crippen LogP contribution in [0, 0.1) is 57.2 Å². The highest BCUT2D eigenvalue weighted by molar-refractivity contribution is 5.66. The van der Waals surface area contributed by atoms with Crippen LogP contribution < -0.4 is 0 Å². The van der Waals surface area contributed by atoms with E-state index in [4.69, 9.17) is 4.74 Å². The summed E-state index contributed by atoms with van der Waals surface area (Å²) in [5.74, 6) is 4.90. The first-order valence-electron chi connectivity index (χ1n) is 14.2. The molecule has 0 saturated heterocycles. The lowest BCUT2D eigenvalue weighted by Crippen LogP contribution is -2.59. The maximum Gasteiger partial charge on any atom is 0.302 e. The molecule has 4 saturated carbocycles. The number of hydrogen-bond acceptors (Lipinski definition) is 2. The number of fused-ring (bicyclic) bond motifs is 7. The third kappa shape index (κ3) is 3.27. The third-order valence-corrected chi connectivity index (χ3v) is 12.5. The van der Waals surface area contributed by atoms with E-state index >= 15 is 0 Å². The van der Waals surface area contributed by atoms with Crippen LogP contribution in [-0.4, -0.2) is 12.1 Å². The average Bonchev–Trinajstić information content (AvgIpc) is 3.07. The summed E-state index contributed by atoms with van der Waals surface area (Å²) in [5.41, 5.74) is 3.06. The van der Waals surface area contributed by atoms with Crippen LogP contribution in [0.25, 0.3) is 0 Å². The second-order valence-corrected chi connectivity index (χ2v) is 14.7. The zero-order valence-corrected chi connectivity index (χ0v) is 22.8. The van der Waals surface area contributed by atoms with E-state index in [1.54, 1.807) is 6.92 Å². The van der Waals surface area contributed by atoms with E-state index in [0.717, 1.165) is 36.0 Å². The Kier molecular flexibility index (Phi) is 5.51. The topological polar surface area (TPSA) is 26.3 Å². The minimum atomic E-state index is -0.112. The molecule has 0 aromatic heterocycles. The van der Waals surface area contributed by atoms with Crippen LogP contribution in [0.1, 0.15) is 113 Å².